The standard InChI is InChI=1S/C14H18O11S/c1-22-13(18)7-4-2-3-5-8(7)23-14-11(17)10(16)12(9(6-15)24-14)25-26(19,20)21/h2-5,9-12,14-17H,6H2,1H3,(H,19,20,21)/t9-,10-,11-,12-,14-/m0/s1. The van der Waals surface area contributed by atoms with Gasteiger partial charge >= 0.3 is 16.4 Å². The summed E-state index contributed by atoms with van der Waals surface area (Å²) in [5.74, 6) is -0.765. The van der Waals surface area contributed by atoms with Crippen LogP contribution in [-0.4, -0.2) is 78.7 Å². The Bertz CT molecular complexity index is 732. The van der Waals surface area contributed by atoms with Crippen LogP contribution in [0.2, 0.25) is 0 Å². The Morgan fingerprint density at radius 1 is 1.23 bits per heavy atom. The second kappa shape index (κ2) is 8.26. The third kappa shape index (κ3) is 4.67. The quantitative estimate of drug-likeness (QED) is 0.326. The predicted octanol–water partition coefficient (Wildman–Crippen LogP) is -1.52. The summed E-state index contributed by atoms with van der Waals surface area (Å²) in [7, 11) is -3.82. The number of benzene rings is 1. The molecule has 1 aromatic rings. The van der Waals surface area contributed by atoms with Gasteiger partial charge in [-0.15, -0.1) is 0 Å². The number of hydrogen-bond donors (Lipinski definition) is 4. The molecule has 2 rings (SSSR count). The van der Waals surface area contributed by atoms with Crippen molar-refractivity contribution in [2.24, 2.45) is 0 Å². The average molecular weight is 394 g/mol. The number of methoxy groups -OCH3 is 1. The monoisotopic (exact) mass is 394 g/mol. The van der Waals surface area contributed by atoms with E-state index >= 15 is 0 Å². The molecular formula is C14H18O11S. The lowest BCUT2D eigenvalue weighted by Crippen LogP contribution is -2.61. The molecule has 12 heteroatoms. The SMILES string of the molecule is COC(=O)c1ccccc1O[C@H]1O[C@@H](CO)[C@H](OS(=O)(=O)O)[C@@H](O)[C@@H]1O. The third-order valence-electron chi connectivity index (χ3n) is 3.59. The molecule has 1 saturated heterocycles. The molecule has 0 aliphatic carbocycles. The van der Waals surface area contributed by atoms with Gasteiger partial charge in [-0.2, -0.15) is 8.42 Å². The predicted molar refractivity (Wildman–Crippen MR) is 82.6 cm³/mol. The van der Waals surface area contributed by atoms with Crippen LogP contribution in [0.4, 0.5) is 0 Å². The molecule has 1 heterocycles. The number of aliphatic hydroxyl groups is 3. The zero-order chi connectivity index (χ0) is 19.5. The second-order valence-electron chi connectivity index (χ2n) is 5.30. The molecule has 0 aromatic heterocycles. The minimum absolute atomic E-state index is 0.0112. The van der Waals surface area contributed by atoms with Gasteiger partial charge in [-0.25, -0.2) is 8.98 Å². The third-order valence-corrected chi connectivity index (χ3v) is 4.05. The zero-order valence-corrected chi connectivity index (χ0v) is 14.3. The van der Waals surface area contributed by atoms with Crippen LogP contribution in [0.25, 0.3) is 0 Å². The van der Waals surface area contributed by atoms with E-state index in [2.05, 4.69) is 8.92 Å². The van der Waals surface area contributed by atoms with E-state index in [4.69, 9.17) is 14.0 Å². The van der Waals surface area contributed by atoms with Crippen LogP contribution in [0.1, 0.15) is 10.4 Å². The van der Waals surface area contributed by atoms with Gasteiger partial charge in [0.05, 0.1) is 13.7 Å². The average Bonchev–Trinajstić information content (AvgIpc) is 2.60. The smallest absolute Gasteiger partial charge is 0.397 e. The van der Waals surface area contributed by atoms with E-state index in [0.29, 0.717) is 0 Å². The van der Waals surface area contributed by atoms with Gasteiger partial charge in [0.2, 0.25) is 6.29 Å². The molecule has 0 amide bonds. The fourth-order valence-electron chi connectivity index (χ4n) is 2.38. The molecule has 1 aliphatic heterocycles. The Morgan fingerprint density at radius 3 is 2.46 bits per heavy atom. The number of hydrogen-bond acceptors (Lipinski definition) is 10. The maximum absolute atomic E-state index is 11.7. The summed E-state index contributed by atoms with van der Waals surface area (Å²) in [6, 6.07) is 5.84. The summed E-state index contributed by atoms with van der Waals surface area (Å²) >= 11 is 0. The van der Waals surface area contributed by atoms with Crippen molar-refractivity contribution in [2.75, 3.05) is 13.7 Å². The van der Waals surface area contributed by atoms with E-state index in [9.17, 15) is 28.5 Å². The molecule has 4 N–H and O–H groups in total. The summed E-state index contributed by atoms with van der Waals surface area (Å²) in [5, 5.41) is 29.5. The maximum atomic E-state index is 11.7. The van der Waals surface area contributed by atoms with Crippen molar-refractivity contribution in [1.82, 2.24) is 0 Å². The number of esters is 1. The van der Waals surface area contributed by atoms with E-state index in [1.54, 1.807) is 6.07 Å². The normalized spacial score (nSPS) is 29.2. The van der Waals surface area contributed by atoms with Crippen molar-refractivity contribution in [1.29, 1.82) is 0 Å². The van der Waals surface area contributed by atoms with Crippen molar-refractivity contribution in [3.63, 3.8) is 0 Å². The lowest BCUT2D eigenvalue weighted by Gasteiger charge is -2.40. The van der Waals surface area contributed by atoms with Gasteiger partial charge in [-0.1, -0.05) is 12.1 Å². The summed E-state index contributed by atoms with van der Waals surface area (Å²) in [4.78, 5) is 11.7. The fraction of sp³-hybridized carbons (Fsp3) is 0.500. The number of carbonyl (C=O) groups excluding carboxylic acids is 1. The molecule has 0 saturated carbocycles. The maximum Gasteiger partial charge on any atom is 0.397 e. The van der Waals surface area contributed by atoms with E-state index in [1.165, 1.54) is 18.2 Å². The molecule has 0 unspecified atom stereocenters. The first-order valence-electron chi connectivity index (χ1n) is 7.30. The number of rotatable bonds is 6. The molecule has 5 atom stereocenters. The Balaban J connectivity index is 2.24. The van der Waals surface area contributed by atoms with Gasteiger partial charge in [0, 0.05) is 0 Å². The number of aliphatic hydroxyl groups excluding tert-OH is 3. The summed E-state index contributed by atoms with van der Waals surface area (Å²) in [6.07, 6.45) is -8.52. The number of carbonyl (C=O) groups is 1. The largest absolute Gasteiger partial charge is 0.465 e. The molecule has 1 aliphatic rings. The molecule has 0 bridgehead atoms. The van der Waals surface area contributed by atoms with Crippen molar-refractivity contribution in [2.45, 2.75) is 30.7 Å². The summed E-state index contributed by atoms with van der Waals surface area (Å²) in [6.45, 7) is -0.817. The minimum atomic E-state index is -4.99. The molecular weight excluding hydrogens is 376 g/mol. The second-order valence-corrected chi connectivity index (χ2v) is 6.35. The van der Waals surface area contributed by atoms with Gasteiger partial charge in [0.25, 0.3) is 0 Å². The van der Waals surface area contributed by atoms with E-state index in [-0.39, 0.29) is 11.3 Å². The number of para-hydroxylation sites is 1. The van der Waals surface area contributed by atoms with Crippen molar-refractivity contribution in [3.05, 3.63) is 29.8 Å². The van der Waals surface area contributed by atoms with Gasteiger partial charge < -0.3 is 29.5 Å². The van der Waals surface area contributed by atoms with E-state index in [0.717, 1.165) is 7.11 Å². The Hall–Kier alpha value is -1.80. The van der Waals surface area contributed by atoms with Gasteiger partial charge in [-0.05, 0) is 12.1 Å². The van der Waals surface area contributed by atoms with Crippen molar-refractivity contribution < 1.29 is 51.5 Å². The van der Waals surface area contributed by atoms with Crippen LogP contribution >= 0.6 is 0 Å². The minimum Gasteiger partial charge on any atom is -0.465 e. The first-order chi connectivity index (χ1) is 12.2. The van der Waals surface area contributed by atoms with Crippen LogP contribution in [0, 0.1) is 0 Å². The number of ether oxygens (including phenoxy) is 3. The molecule has 26 heavy (non-hydrogen) atoms. The molecule has 11 nitrogen and oxygen atoms in total. The van der Waals surface area contributed by atoms with Crippen LogP contribution in [0.5, 0.6) is 5.75 Å². The fourth-order valence-corrected chi connectivity index (χ4v) is 2.90. The molecule has 1 aromatic carbocycles. The highest BCUT2D eigenvalue weighted by Crippen LogP contribution is 2.28. The Morgan fingerprint density at radius 2 is 1.88 bits per heavy atom. The molecule has 1 fully saturated rings. The Labute approximate surface area is 148 Å². The first-order valence-corrected chi connectivity index (χ1v) is 8.66. The highest BCUT2D eigenvalue weighted by Gasteiger charge is 2.48. The van der Waals surface area contributed by atoms with Crippen molar-refractivity contribution in [3.8, 4) is 5.75 Å². The first kappa shape index (κ1) is 20.5. The van der Waals surface area contributed by atoms with Crippen LogP contribution in [0.3, 0.4) is 0 Å². The van der Waals surface area contributed by atoms with Crippen LogP contribution in [-0.2, 0) is 24.1 Å². The topological polar surface area (TPSA) is 169 Å². The van der Waals surface area contributed by atoms with Gasteiger partial charge in [0.1, 0.15) is 35.7 Å². The molecule has 0 radical (unpaired) electrons. The van der Waals surface area contributed by atoms with Gasteiger partial charge in [-0.3, -0.25) is 4.55 Å². The highest BCUT2D eigenvalue weighted by atomic mass is 32.3. The Kier molecular flexibility index (Phi) is 6.52. The lowest BCUT2D eigenvalue weighted by molar-refractivity contribution is -0.272. The molecule has 0 spiro atoms. The van der Waals surface area contributed by atoms with Gasteiger partial charge in [0.15, 0.2) is 0 Å². The van der Waals surface area contributed by atoms with Crippen LogP contribution in [0.15, 0.2) is 24.3 Å². The lowest BCUT2D eigenvalue weighted by atomic mass is 9.99. The summed E-state index contributed by atoms with van der Waals surface area (Å²) in [5.41, 5.74) is 0.0112. The van der Waals surface area contributed by atoms with E-state index in [1.807, 2.05) is 0 Å². The molecule has 146 valence electrons. The highest BCUT2D eigenvalue weighted by molar-refractivity contribution is 7.80. The van der Waals surface area contributed by atoms with E-state index < -0.39 is 53.7 Å². The summed E-state index contributed by atoms with van der Waals surface area (Å²) < 4.78 is 49.9. The van der Waals surface area contributed by atoms with Crippen LogP contribution < -0.4 is 4.74 Å². The zero-order valence-electron chi connectivity index (χ0n) is 13.5. The van der Waals surface area contributed by atoms with Crippen molar-refractivity contribution >= 4 is 16.4 Å².